The zero-order chi connectivity index (χ0) is 28.2. The molecule has 4 aliphatic rings. The number of carbonyl (C=O) groups excluding carboxylic acids is 2. The molecule has 0 N–H and O–H groups in total. The van der Waals surface area contributed by atoms with Crippen LogP contribution in [0.15, 0.2) is 54.6 Å². The number of likely N-dealkylation sites (tertiary alicyclic amines) is 3. The van der Waals surface area contributed by atoms with Gasteiger partial charge in [0, 0.05) is 45.1 Å². The van der Waals surface area contributed by atoms with E-state index >= 15 is 0 Å². The van der Waals surface area contributed by atoms with Crippen LogP contribution in [0, 0.1) is 17.3 Å². The summed E-state index contributed by atoms with van der Waals surface area (Å²) < 4.78 is 5.28. The smallest absolute Gasteiger partial charge is 0.229 e. The van der Waals surface area contributed by atoms with Crippen LogP contribution < -0.4 is 4.74 Å². The molecule has 6 rings (SSSR count). The fraction of sp³-hybridized carbons (Fsp3) is 0.600. The van der Waals surface area contributed by atoms with Gasteiger partial charge in [-0.15, -0.1) is 12.4 Å². The third kappa shape index (κ3) is 6.81. The number of amides is 2. The molecule has 2 unspecified atom stereocenters. The molecule has 0 aromatic heterocycles. The van der Waals surface area contributed by atoms with Gasteiger partial charge >= 0.3 is 0 Å². The van der Waals surface area contributed by atoms with E-state index in [0.29, 0.717) is 36.1 Å². The molecule has 6 nitrogen and oxygen atoms in total. The van der Waals surface area contributed by atoms with Gasteiger partial charge in [-0.2, -0.15) is 0 Å². The van der Waals surface area contributed by atoms with Crippen molar-refractivity contribution in [3.05, 3.63) is 65.7 Å². The summed E-state index contributed by atoms with van der Waals surface area (Å²) in [6.07, 6.45) is 9.92. The third-order valence-corrected chi connectivity index (χ3v) is 10.6. The number of carbonyl (C=O) groups is 2. The van der Waals surface area contributed by atoms with Crippen LogP contribution in [0.4, 0.5) is 0 Å². The molecule has 2 atom stereocenters. The van der Waals surface area contributed by atoms with Crippen LogP contribution >= 0.6 is 12.4 Å². The minimum atomic E-state index is -0.195. The van der Waals surface area contributed by atoms with Gasteiger partial charge in [-0.3, -0.25) is 9.59 Å². The summed E-state index contributed by atoms with van der Waals surface area (Å²) in [7, 11) is 1.68. The Kier molecular flexibility index (Phi) is 10.2. The van der Waals surface area contributed by atoms with Gasteiger partial charge in [-0.1, -0.05) is 61.7 Å². The van der Waals surface area contributed by atoms with Gasteiger partial charge in [0.1, 0.15) is 5.75 Å². The minimum absolute atomic E-state index is 0. The van der Waals surface area contributed by atoms with Crippen LogP contribution in [0.2, 0.25) is 0 Å². The number of methoxy groups -OCH3 is 1. The number of hydrogen-bond acceptors (Lipinski definition) is 4. The second-order valence-corrected chi connectivity index (χ2v) is 13.2. The first kappa shape index (κ1) is 30.9. The van der Waals surface area contributed by atoms with E-state index in [4.69, 9.17) is 4.74 Å². The summed E-state index contributed by atoms with van der Waals surface area (Å²) in [6, 6.07) is 18.9. The number of halogens is 1. The van der Waals surface area contributed by atoms with Crippen molar-refractivity contribution in [3.8, 4) is 5.75 Å². The Morgan fingerprint density at radius 3 is 2.29 bits per heavy atom. The van der Waals surface area contributed by atoms with E-state index in [1.807, 2.05) is 12.1 Å². The van der Waals surface area contributed by atoms with Crippen molar-refractivity contribution < 1.29 is 14.3 Å². The quantitative estimate of drug-likeness (QED) is 0.369. The van der Waals surface area contributed by atoms with Crippen molar-refractivity contribution in [2.24, 2.45) is 17.3 Å². The largest absolute Gasteiger partial charge is 0.497 e. The lowest BCUT2D eigenvalue weighted by Crippen LogP contribution is -2.46. The molecule has 0 bridgehead atoms. The average Bonchev–Trinajstić information content (AvgIpc) is 3.57. The first-order chi connectivity index (χ1) is 20.0. The van der Waals surface area contributed by atoms with E-state index in [9.17, 15) is 9.59 Å². The lowest BCUT2D eigenvalue weighted by atomic mass is 9.76. The van der Waals surface area contributed by atoms with Gasteiger partial charge in [0.25, 0.3) is 0 Å². The zero-order valence-electron chi connectivity index (χ0n) is 25.2. The highest BCUT2D eigenvalue weighted by atomic mass is 35.5. The van der Waals surface area contributed by atoms with Gasteiger partial charge in [0.2, 0.25) is 11.8 Å². The Hall–Kier alpha value is -2.57. The highest BCUT2D eigenvalue weighted by Crippen LogP contribution is 2.43. The predicted molar refractivity (Wildman–Crippen MR) is 169 cm³/mol. The minimum Gasteiger partial charge on any atom is -0.497 e. The number of ether oxygens (including phenoxy) is 1. The van der Waals surface area contributed by atoms with Crippen molar-refractivity contribution in [1.82, 2.24) is 14.7 Å². The van der Waals surface area contributed by atoms with E-state index in [1.54, 1.807) is 7.11 Å². The maximum atomic E-state index is 13.6. The molecule has 42 heavy (non-hydrogen) atoms. The molecule has 1 spiro atoms. The number of rotatable bonds is 8. The van der Waals surface area contributed by atoms with Crippen molar-refractivity contribution in [1.29, 1.82) is 0 Å². The SMILES string of the molecule is COc1ccc(CN2CCC3(CCN(CC4CN(C(=O)CC5CCCCC5)CC4c4ccccc4)CC3)C2=O)cc1.Cl. The molecule has 1 aliphatic carbocycles. The Morgan fingerprint density at radius 2 is 1.60 bits per heavy atom. The molecule has 3 heterocycles. The predicted octanol–water partition coefficient (Wildman–Crippen LogP) is 6.14. The lowest BCUT2D eigenvalue weighted by Gasteiger charge is -2.39. The van der Waals surface area contributed by atoms with Crippen LogP contribution in [0.5, 0.6) is 5.75 Å². The monoisotopic (exact) mass is 593 g/mol. The normalized spacial score (nSPS) is 24.6. The van der Waals surface area contributed by atoms with Gasteiger partial charge < -0.3 is 19.4 Å². The molecule has 3 aliphatic heterocycles. The second-order valence-electron chi connectivity index (χ2n) is 13.2. The molecule has 4 fully saturated rings. The summed E-state index contributed by atoms with van der Waals surface area (Å²) in [6.45, 7) is 6.18. The van der Waals surface area contributed by atoms with E-state index in [2.05, 4.69) is 57.2 Å². The summed E-state index contributed by atoms with van der Waals surface area (Å²) in [5, 5.41) is 0. The Morgan fingerprint density at radius 1 is 0.905 bits per heavy atom. The Labute approximate surface area is 258 Å². The van der Waals surface area contributed by atoms with E-state index in [-0.39, 0.29) is 17.8 Å². The lowest BCUT2D eigenvalue weighted by molar-refractivity contribution is -0.139. The van der Waals surface area contributed by atoms with Crippen LogP contribution in [0.3, 0.4) is 0 Å². The average molecular weight is 594 g/mol. The summed E-state index contributed by atoms with van der Waals surface area (Å²) in [5.41, 5.74) is 2.32. The molecular weight excluding hydrogens is 546 g/mol. The standard InChI is InChI=1S/C35H47N3O3.ClH/c1-41-31-14-12-28(13-15-31)23-37-21-18-35(34(37)40)16-19-36(20-17-35)24-30-25-38(26-32(30)29-10-6-3-7-11-29)33(39)22-27-8-4-2-5-9-27;/h3,6-7,10-15,27,30,32H,2,4-5,8-9,16-26H2,1H3;1H. The molecule has 0 radical (unpaired) electrons. The number of hydrogen-bond donors (Lipinski definition) is 0. The Balaban J connectivity index is 0.00000353. The van der Waals surface area contributed by atoms with Gasteiger partial charge in [0.15, 0.2) is 0 Å². The van der Waals surface area contributed by atoms with Crippen molar-refractivity contribution in [3.63, 3.8) is 0 Å². The molecule has 2 amide bonds. The first-order valence-corrected chi connectivity index (χ1v) is 16.0. The Bertz CT molecular complexity index is 1180. The summed E-state index contributed by atoms with van der Waals surface area (Å²) >= 11 is 0. The zero-order valence-corrected chi connectivity index (χ0v) is 26.0. The van der Waals surface area contributed by atoms with Crippen LogP contribution in [0.1, 0.15) is 74.8 Å². The van der Waals surface area contributed by atoms with Crippen LogP contribution in [-0.4, -0.2) is 72.9 Å². The van der Waals surface area contributed by atoms with E-state index in [1.165, 1.54) is 37.7 Å². The van der Waals surface area contributed by atoms with Crippen molar-refractivity contribution >= 4 is 24.2 Å². The number of benzene rings is 2. The maximum absolute atomic E-state index is 13.6. The van der Waals surface area contributed by atoms with Crippen molar-refractivity contribution in [2.45, 2.75) is 70.3 Å². The van der Waals surface area contributed by atoms with Crippen LogP contribution in [0.25, 0.3) is 0 Å². The molecular formula is C35H48ClN3O3. The topological polar surface area (TPSA) is 53.1 Å². The second kappa shape index (κ2) is 13.8. The molecule has 228 valence electrons. The molecule has 7 heteroatoms. The van der Waals surface area contributed by atoms with Gasteiger partial charge in [-0.05, 0) is 80.3 Å². The number of piperidine rings is 1. The molecule has 3 saturated heterocycles. The molecule has 2 aromatic carbocycles. The van der Waals surface area contributed by atoms with E-state index < -0.39 is 0 Å². The third-order valence-electron chi connectivity index (χ3n) is 10.6. The maximum Gasteiger partial charge on any atom is 0.229 e. The van der Waals surface area contributed by atoms with Crippen molar-refractivity contribution in [2.75, 3.05) is 46.4 Å². The summed E-state index contributed by atoms with van der Waals surface area (Å²) in [4.78, 5) is 33.8. The highest BCUT2D eigenvalue weighted by Gasteiger charge is 2.48. The fourth-order valence-corrected chi connectivity index (χ4v) is 8.06. The highest BCUT2D eigenvalue weighted by molar-refractivity contribution is 5.85. The van der Waals surface area contributed by atoms with Crippen LogP contribution in [-0.2, 0) is 16.1 Å². The number of nitrogens with zero attached hydrogens (tertiary/aromatic N) is 3. The van der Waals surface area contributed by atoms with Gasteiger partial charge in [-0.25, -0.2) is 0 Å². The fourth-order valence-electron chi connectivity index (χ4n) is 8.06. The van der Waals surface area contributed by atoms with Gasteiger partial charge in [0.05, 0.1) is 12.5 Å². The van der Waals surface area contributed by atoms with E-state index in [0.717, 1.165) is 76.3 Å². The molecule has 2 aromatic rings. The molecule has 1 saturated carbocycles. The summed E-state index contributed by atoms with van der Waals surface area (Å²) in [5.74, 6) is 2.96. The first-order valence-electron chi connectivity index (χ1n) is 16.0.